The number of nitrogens with zero attached hydrogens (tertiary/aromatic N) is 1. The van der Waals surface area contributed by atoms with Gasteiger partial charge in [-0.2, -0.15) is 0 Å². The second-order valence-corrected chi connectivity index (χ2v) is 3.71. The van der Waals surface area contributed by atoms with Crippen LogP contribution in [0.4, 0.5) is 0 Å². The van der Waals surface area contributed by atoms with Crippen molar-refractivity contribution in [3.05, 3.63) is 53.9 Å². The first-order chi connectivity index (χ1) is 7.28. The van der Waals surface area contributed by atoms with Gasteiger partial charge in [-0.3, -0.25) is 0 Å². The zero-order valence-corrected chi connectivity index (χ0v) is 9.10. The Labute approximate surface area is 90.1 Å². The fourth-order valence-electron chi connectivity index (χ4n) is 1.64. The van der Waals surface area contributed by atoms with Crippen molar-refractivity contribution >= 4 is 0 Å². The third kappa shape index (κ3) is 2.40. The Morgan fingerprint density at radius 2 is 2.13 bits per heavy atom. The highest BCUT2D eigenvalue weighted by molar-refractivity contribution is 5.28. The van der Waals surface area contributed by atoms with Crippen LogP contribution < -0.4 is 4.74 Å². The Bertz CT molecular complexity index is 445. The van der Waals surface area contributed by atoms with Crippen LogP contribution in [0.5, 0.6) is 5.75 Å². The molecule has 0 saturated carbocycles. The molecule has 0 fully saturated rings. The van der Waals surface area contributed by atoms with Gasteiger partial charge < -0.3 is 9.30 Å². The van der Waals surface area contributed by atoms with E-state index >= 15 is 0 Å². The van der Waals surface area contributed by atoms with E-state index in [1.807, 2.05) is 12.1 Å². The molecule has 0 aliphatic carbocycles. The fraction of sp³-hybridized carbons (Fsp3) is 0.231. The first-order valence-corrected chi connectivity index (χ1v) is 5.03. The molecule has 0 amide bonds. The molecule has 0 aliphatic heterocycles. The minimum atomic E-state index is 0.894. The molecule has 2 aromatic rings. The zero-order chi connectivity index (χ0) is 10.7. The molecule has 1 aromatic carbocycles. The first-order valence-electron chi connectivity index (χ1n) is 5.03. The second-order valence-electron chi connectivity index (χ2n) is 3.71. The Morgan fingerprint density at radius 3 is 2.80 bits per heavy atom. The van der Waals surface area contributed by atoms with E-state index in [4.69, 9.17) is 4.74 Å². The van der Waals surface area contributed by atoms with Crippen molar-refractivity contribution < 1.29 is 4.74 Å². The largest absolute Gasteiger partial charge is 0.497 e. The van der Waals surface area contributed by atoms with Gasteiger partial charge in [0.15, 0.2) is 0 Å². The van der Waals surface area contributed by atoms with E-state index in [1.54, 1.807) is 7.11 Å². The maximum absolute atomic E-state index is 5.19. The van der Waals surface area contributed by atoms with E-state index in [1.165, 1.54) is 11.1 Å². The number of aromatic nitrogens is 1. The van der Waals surface area contributed by atoms with E-state index in [0.717, 1.165) is 12.3 Å². The minimum absolute atomic E-state index is 0.894. The molecule has 0 atom stereocenters. The molecular weight excluding hydrogens is 186 g/mol. The van der Waals surface area contributed by atoms with Gasteiger partial charge in [-0.25, -0.2) is 0 Å². The number of rotatable bonds is 3. The van der Waals surface area contributed by atoms with Crippen LogP contribution in [-0.4, -0.2) is 11.7 Å². The third-order valence-electron chi connectivity index (χ3n) is 2.40. The molecule has 2 nitrogen and oxygen atoms in total. The topological polar surface area (TPSA) is 14.2 Å². The highest BCUT2D eigenvalue weighted by atomic mass is 16.5. The number of ether oxygens (including phenoxy) is 1. The Hall–Kier alpha value is -1.70. The van der Waals surface area contributed by atoms with Gasteiger partial charge in [0.05, 0.1) is 7.11 Å². The third-order valence-corrected chi connectivity index (χ3v) is 2.40. The first kappa shape index (κ1) is 9.84. The zero-order valence-electron chi connectivity index (χ0n) is 9.10. The van der Waals surface area contributed by atoms with Crippen molar-refractivity contribution in [3.8, 4) is 5.75 Å². The molecular formula is C13H15NO. The summed E-state index contributed by atoms with van der Waals surface area (Å²) in [5, 5.41) is 0. The van der Waals surface area contributed by atoms with Crippen LogP contribution in [0, 0.1) is 6.92 Å². The molecule has 0 bridgehead atoms. The van der Waals surface area contributed by atoms with Crippen LogP contribution in [0.1, 0.15) is 11.1 Å². The van der Waals surface area contributed by atoms with Gasteiger partial charge in [-0.1, -0.05) is 12.1 Å². The summed E-state index contributed by atoms with van der Waals surface area (Å²) in [4.78, 5) is 0. The number of hydrogen-bond acceptors (Lipinski definition) is 1. The highest BCUT2D eigenvalue weighted by Gasteiger charge is 1.97. The molecule has 1 aromatic heterocycles. The number of benzene rings is 1. The summed E-state index contributed by atoms with van der Waals surface area (Å²) in [6.07, 6.45) is 4.23. The van der Waals surface area contributed by atoms with Gasteiger partial charge in [-0.05, 0) is 36.2 Å². The van der Waals surface area contributed by atoms with Gasteiger partial charge in [0, 0.05) is 18.9 Å². The number of methoxy groups -OCH3 is 1. The lowest BCUT2D eigenvalue weighted by atomic mass is 10.2. The van der Waals surface area contributed by atoms with Crippen molar-refractivity contribution in [3.63, 3.8) is 0 Å². The van der Waals surface area contributed by atoms with Crippen LogP contribution in [0.15, 0.2) is 42.7 Å². The van der Waals surface area contributed by atoms with E-state index in [2.05, 4.69) is 42.1 Å². The normalized spacial score (nSPS) is 10.3. The Kier molecular flexibility index (Phi) is 2.77. The van der Waals surface area contributed by atoms with Crippen molar-refractivity contribution in [2.45, 2.75) is 13.5 Å². The lowest BCUT2D eigenvalue weighted by molar-refractivity contribution is 0.414. The summed E-state index contributed by atoms with van der Waals surface area (Å²) in [5.74, 6) is 0.913. The van der Waals surface area contributed by atoms with Crippen LogP contribution in [0.3, 0.4) is 0 Å². The molecule has 0 saturated heterocycles. The number of hydrogen-bond donors (Lipinski definition) is 0. The maximum atomic E-state index is 5.19. The molecule has 0 radical (unpaired) electrons. The fourth-order valence-corrected chi connectivity index (χ4v) is 1.64. The summed E-state index contributed by atoms with van der Waals surface area (Å²) in [6.45, 7) is 2.99. The molecule has 1 heterocycles. The average molecular weight is 201 g/mol. The van der Waals surface area contributed by atoms with Crippen LogP contribution >= 0.6 is 0 Å². The average Bonchev–Trinajstić information content (AvgIpc) is 2.64. The van der Waals surface area contributed by atoms with Crippen LogP contribution in [-0.2, 0) is 6.54 Å². The quantitative estimate of drug-likeness (QED) is 0.744. The van der Waals surface area contributed by atoms with E-state index in [0.29, 0.717) is 0 Å². The molecule has 2 rings (SSSR count). The van der Waals surface area contributed by atoms with E-state index < -0.39 is 0 Å². The van der Waals surface area contributed by atoms with Crippen LogP contribution in [0.25, 0.3) is 0 Å². The SMILES string of the molecule is COc1cccc(Cn2ccc(C)c2)c1. The molecule has 0 unspecified atom stereocenters. The van der Waals surface area contributed by atoms with E-state index in [-0.39, 0.29) is 0 Å². The summed E-state index contributed by atoms with van der Waals surface area (Å²) < 4.78 is 7.36. The summed E-state index contributed by atoms with van der Waals surface area (Å²) in [5.41, 5.74) is 2.54. The van der Waals surface area contributed by atoms with Gasteiger partial charge >= 0.3 is 0 Å². The van der Waals surface area contributed by atoms with Gasteiger partial charge in [0.2, 0.25) is 0 Å². The summed E-state index contributed by atoms with van der Waals surface area (Å²) >= 11 is 0. The minimum Gasteiger partial charge on any atom is -0.497 e. The Balaban J connectivity index is 2.16. The van der Waals surface area contributed by atoms with Crippen molar-refractivity contribution in [1.29, 1.82) is 0 Å². The lowest BCUT2D eigenvalue weighted by Crippen LogP contribution is -1.96. The van der Waals surface area contributed by atoms with E-state index in [9.17, 15) is 0 Å². The molecule has 15 heavy (non-hydrogen) atoms. The molecule has 0 aliphatic rings. The summed E-state index contributed by atoms with van der Waals surface area (Å²) in [7, 11) is 1.69. The Morgan fingerprint density at radius 1 is 1.27 bits per heavy atom. The van der Waals surface area contributed by atoms with Crippen molar-refractivity contribution in [2.75, 3.05) is 7.11 Å². The molecule has 2 heteroatoms. The van der Waals surface area contributed by atoms with Crippen LogP contribution in [0.2, 0.25) is 0 Å². The summed E-state index contributed by atoms with van der Waals surface area (Å²) in [6, 6.07) is 10.3. The van der Waals surface area contributed by atoms with Gasteiger partial charge in [0.1, 0.15) is 5.75 Å². The monoisotopic (exact) mass is 201 g/mol. The predicted octanol–water partition coefficient (Wildman–Crippen LogP) is 2.85. The standard InChI is InChI=1S/C13H15NO/c1-11-6-7-14(9-11)10-12-4-3-5-13(8-12)15-2/h3-9H,10H2,1-2H3. The molecule has 0 spiro atoms. The number of aryl methyl sites for hydroxylation is 1. The van der Waals surface area contributed by atoms with Gasteiger partial charge in [0.25, 0.3) is 0 Å². The smallest absolute Gasteiger partial charge is 0.119 e. The van der Waals surface area contributed by atoms with Crippen molar-refractivity contribution in [2.24, 2.45) is 0 Å². The lowest BCUT2D eigenvalue weighted by Gasteiger charge is -2.05. The molecule has 0 N–H and O–H groups in total. The van der Waals surface area contributed by atoms with Gasteiger partial charge in [-0.15, -0.1) is 0 Å². The van der Waals surface area contributed by atoms with Crippen molar-refractivity contribution in [1.82, 2.24) is 4.57 Å². The second kappa shape index (κ2) is 4.22. The highest BCUT2D eigenvalue weighted by Crippen LogP contribution is 2.14. The molecule has 78 valence electrons. The predicted molar refractivity (Wildman–Crippen MR) is 61.3 cm³/mol. The maximum Gasteiger partial charge on any atom is 0.119 e.